The third-order valence-corrected chi connectivity index (χ3v) is 38.2. The molecule has 0 amide bonds. The molecule has 4 nitrogen and oxygen atoms in total. The van der Waals surface area contributed by atoms with Crippen LogP contribution in [0.15, 0.2) is 188 Å². The minimum absolute atomic E-state index is 0.0108. The van der Waals surface area contributed by atoms with Crippen molar-refractivity contribution in [1.29, 1.82) is 0 Å². The number of anilines is 12. The van der Waals surface area contributed by atoms with Gasteiger partial charge in [-0.25, -0.2) is 0 Å². The van der Waals surface area contributed by atoms with Gasteiger partial charge in [0.05, 0.1) is 22.7 Å². The molecule has 14 aromatic rings. The van der Waals surface area contributed by atoms with Gasteiger partial charge in [-0.15, -0.1) is 22.7 Å². The van der Waals surface area contributed by atoms with E-state index in [2.05, 4.69) is 436 Å². The molecule has 6 heterocycles. The van der Waals surface area contributed by atoms with Crippen molar-refractivity contribution in [2.24, 2.45) is 0 Å². The van der Waals surface area contributed by atoms with Gasteiger partial charge in [-0.1, -0.05) is 271 Å². The van der Waals surface area contributed by atoms with Crippen LogP contribution in [-0.2, 0) is 71.4 Å². The minimum atomic E-state index is -0.294. The molecule has 12 aromatic carbocycles. The fourth-order valence-corrected chi connectivity index (χ4v) is 29.4. The zero-order valence-electron chi connectivity index (χ0n) is 89.5. The zero-order chi connectivity index (χ0) is 98.1. The van der Waals surface area contributed by atoms with Gasteiger partial charge in [0.15, 0.2) is 0 Å². The molecule has 0 bridgehead atoms. The predicted octanol–water partition coefficient (Wildman–Crippen LogP) is 33.3. The summed E-state index contributed by atoms with van der Waals surface area (Å²) in [6, 6.07) is 79.4. The molecule has 0 spiro atoms. The van der Waals surface area contributed by atoms with Crippen molar-refractivity contribution in [3.63, 3.8) is 0 Å². The van der Waals surface area contributed by atoms with Crippen molar-refractivity contribution in [3.8, 4) is 22.3 Å². The molecule has 0 saturated heterocycles. The first kappa shape index (κ1) is 92.9. The van der Waals surface area contributed by atoms with E-state index < -0.39 is 0 Å². The first-order valence-corrected chi connectivity index (χ1v) is 53.8. The van der Waals surface area contributed by atoms with Crippen molar-refractivity contribution in [1.82, 2.24) is 0 Å². The molecule has 0 N–H and O–H groups in total. The lowest BCUT2D eigenvalue weighted by molar-refractivity contribution is 0.310. The third kappa shape index (κ3) is 14.3. The fraction of sp³-hybridized carbons (Fsp3) is 0.415. The number of fused-ring (bicyclic) bond motifs is 16. The van der Waals surface area contributed by atoms with Crippen LogP contribution in [0, 0.1) is 41.5 Å². The van der Waals surface area contributed by atoms with Crippen molar-refractivity contribution in [3.05, 3.63) is 294 Å². The molecule has 1 unspecified atom stereocenters. The van der Waals surface area contributed by atoms with Crippen LogP contribution >= 0.6 is 22.7 Å². The van der Waals surface area contributed by atoms with E-state index in [1.807, 2.05) is 22.7 Å². The summed E-state index contributed by atoms with van der Waals surface area (Å²) in [4.78, 5) is 11.2. The Morgan fingerprint density at radius 2 is 0.609 bits per heavy atom. The maximum absolute atomic E-state index is 2.88. The van der Waals surface area contributed by atoms with E-state index in [0.717, 1.165) is 57.8 Å². The Kier molecular flexibility index (Phi) is 20.5. The molecular formula is C130H148B2N4S2. The quantitative estimate of drug-likeness (QED) is 0.141. The SMILES string of the molecule is Cc1cc(C)c(-c2cc3c(cc2N2c4cc5c(cc4B4c6sc7ccc(C(C)(C)C)cc7c6N(c6ccc(C(C)(C)C)cc6)c6cc(C)cc2c64)C(C)(Cc2cccc(-c4cc6c(cc4N4c7cc8c(cc7B7c9sc%10ccc(C(C)(C)C)cc%10c9N(c9ccc(C(C)(C)C)cc9)c9cc(C)cc4c97)C(C)(C)CCC8(C)C)C(C)(C)CCC6(C)C)c2C)CCC5(C)C)C(C)(C)CCC3(C)C)c(C)c1. The van der Waals surface area contributed by atoms with Crippen molar-refractivity contribution in [2.45, 2.75) is 351 Å². The highest BCUT2D eigenvalue weighted by atomic mass is 32.1. The fourth-order valence-electron chi connectivity index (χ4n) is 26.8. The van der Waals surface area contributed by atoms with Gasteiger partial charge in [0, 0.05) is 86.4 Å². The maximum Gasteiger partial charge on any atom is 0.264 e. The highest BCUT2D eigenvalue weighted by Crippen LogP contribution is 2.62. The van der Waals surface area contributed by atoms with Gasteiger partial charge < -0.3 is 19.6 Å². The monoisotopic (exact) mass is 1850 g/mol. The van der Waals surface area contributed by atoms with Crippen LogP contribution in [0.4, 0.5) is 68.2 Å². The van der Waals surface area contributed by atoms with Crippen LogP contribution in [0.1, 0.15) is 344 Å². The largest absolute Gasteiger partial charge is 0.311 e. The lowest BCUT2D eigenvalue weighted by Crippen LogP contribution is -2.61. The number of aryl methyl sites for hydroxylation is 5. The van der Waals surface area contributed by atoms with E-state index in [9.17, 15) is 0 Å². The molecule has 8 heteroatoms. The second-order valence-corrected chi connectivity index (χ2v) is 55.5. The third-order valence-electron chi connectivity index (χ3n) is 35.8. The molecule has 4 aliphatic carbocycles. The van der Waals surface area contributed by atoms with Crippen molar-refractivity contribution in [2.75, 3.05) is 19.6 Å². The molecule has 2 aromatic heterocycles. The summed E-state index contributed by atoms with van der Waals surface area (Å²) < 4.78 is 5.54. The Labute approximate surface area is 836 Å². The van der Waals surface area contributed by atoms with Gasteiger partial charge in [-0.3, -0.25) is 0 Å². The number of rotatable bonds is 8. The van der Waals surface area contributed by atoms with Gasteiger partial charge >= 0.3 is 0 Å². The molecule has 706 valence electrons. The zero-order valence-corrected chi connectivity index (χ0v) is 91.2. The van der Waals surface area contributed by atoms with E-state index in [4.69, 9.17) is 0 Å². The van der Waals surface area contributed by atoms with Crippen molar-refractivity contribution >= 4 is 156 Å². The highest BCUT2D eigenvalue weighted by molar-refractivity contribution is 7.34. The van der Waals surface area contributed by atoms with E-state index >= 15 is 0 Å². The lowest BCUT2D eigenvalue weighted by Gasteiger charge is -2.49. The second kappa shape index (κ2) is 30.5. The Balaban J connectivity index is 0.789. The minimum Gasteiger partial charge on any atom is -0.311 e. The van der Waals surface area contributed by atoms with Crippen molar-refractivity contribution < 1.29 is 0 Å². The number of hydrogen-bond acceptors (Lipinski definition) is 6. The van der Waals surface area contributed by atoms with E-state index in [1.165, 1.54) is 248 Å². The Morgan fingerprint density at radius 3 is 1.00 bits per heavy atom. The molecule has 4 aliphatic heterocycles. The molecule has 138 heavy (non-hydrogen) atoms. The predicted molar refractivity (Wildman–Crippen MR) is 605 cm³/mol. The average Bonchev–Trinajstić information content (AvgIpc) is 1.31. The van der Waals surface area contributed by atoms with Crippen LogP contribution in [0.25, 0.3) is 42.4 Å². The number of benzene rings is 12. The van der Waals surface area contributed by atoms with E-state index in [1.54, 1.807) is 0 Å². The molecule has 8 aliphatic rings. The smallest absolute Gasteiger partial charge is 0.264 e. The first-order valence-electron chi connectivity index (χ1n) is 52.2. The average molecular weight is 1850 g/mol. The standard InChI is InChI=1S/C130H148B2N4S2/c1-74-57-77(4)112(78(5)58-74)89-66-93-96(127(27,28)53-50-124(93,21)22)70-103(89)136-105-72-98-99(68-101(105)132-114-107(60-76(3)62-109(114)136)134(86-45-39-82(40-46-86)120(10,11)12)116-91-64-84(122(16,17)18)42-48-111(91)138-118(116)132)130(33,56-55-129(98,31)32)73-80-35-34-36-87(79(80)6)88-65-92-95(126(25,26)52-49-123(92,19)20)69-102(88)135-104-71-97-94(125(23,24)51-54-128(97,29)30)67-100(104)131-113-106(59-75(2)61-108(113)135)133(85-43-37-81(38-44-85)119(7,8)9)115-90-63-83(121(13,14)15)41-47-110(90)137-117(115)131/h34-48,57-72H,49-56,73H2,1-33H3. The summed E-state index contributed by atoms with van der Waals surface area (Å²) in [7, 11) is 0. The summed E-state index contributed by atoms with van der Waals surface area (Å²) in [6.45, 7) is 81.1. The first-order chi connectivity index (χ1) is 64.4. The maximum atomic E-state index is 2.88. The Morgan fingerprint density at radius 1 is 0.290 bits per heavy atom. The van der Waals surface area contributed by atoms with Crippen LogP contribution in [0.2, 0.25) is 0 Å². The van der Waals surface area contributed by atoms with Gasteiger partial charge in [-0.05, 0) is 407 Å². The second-order valence-electron chi connectivity index (χ2n) is 53.3. The van der Waals surface area contributed by atoms with Crippen LogP contribution in [0.5, 0.6) is 0 Å². The summed E-state index contributed by atoms with van der Waals surface area (Å²) in [6.07, 6.45) is 9.75. The van der Waals surface area contributed by atoms with E-state index in [-0.39, 0.29) is 78.4 Å². The summed E-state index contributed by atoms with van der Waals surface area (Å²) in [5, 5.41) is 2.68. The van der Waals surface area contributed by atoms with Crippen LogP contribution < -0.4 is 51.0 Å². The van der Waals surface area contributed by atoms with Gasteiger partial charge in [0.25, 0.3) is 13.4 Å². The molecule has 0 radical (unpaired) electrons. The molecule has 0 saturated carbocycles. The lowest BCUT2D eigenvalue weighted by atomic mass is 9.35. The van der Waals surface area contributed by atoms with E-state index in [0.29, 0.717) is 0 Å². The number of nitrogens with zero attached hydrogens (tertiary/aromatic N) is 4. The molecule has 22 rings (SSSR count). The van der Waals surface area contributed by atoms with Crippen LogP contribution in [0.3, 0.4) is 0 Å². The summed E-state index contributed by atoms with van der Waals surface area (Å²) in [5.41, 5.74) is 52.0. The normalized spacial score (nSPS) is 19.2. The van der Waals surface area contributed by atoms with Gasteiger partial charge in [0.2, 0.25) is 0 Å². The Hall–Kier alpha value is -10.1. The number of thiophene rings is 2. The topological polar surface area (TPSA) is 13.0 Å². The highest BCUT2D eigenvalue weighted by Gasteiger charge is 2.54. The molecule has 1 atom stereocenters. The summed E-state index contributed by atoms with van der Waals surface area (Å²) >= 11 is 4.09. The molecular weight excluding hydrogens is 1700 g/mol. The summed E-state index contributed by atoms with van der Waals surface area (Å²) in [5.74, 6) is 0. The Bertz CT molecular complexity index is 7520. The van der Waals surface area contributed by atoms with Gasteiger partial charge in [0.1, 0.15) is 0 Å². The molecule has 0 fully saturated rings. The van der Waals surface area contributed by atoms with Gasteiger partial charge in [-0.2, -0.15) is 0 Å². The number of hydrogen-bond donors (Lipinski definition) is 0. The van der Waals surface area contributed by atoms with Crippen LogP contribution in [-0.4, -0.2) is 13.4 Å².